The minimum atomic E-state index is 0.136. The van der Waals surface area contributed by atoms with E-state index < -0.39 is 0 Å². The molecule has 2 aliphatic heterocycles. The second-order valence-corrected chi connectivity index (χ2v) is 7.41. The smallest absolute Gasteiger partial charge is 0.225 e. The van der Waals surface area contributed by atoms with E-state index in [1.54, 1.807) is 6.20 Å². The van der Waals surface area contributed by atoms with Gasteiger partial charge in [-0.1, -0.05) is 0 Å². The summed E-state index contributed by atoms with van der Waals surface area (Å²) >= 11 is 0. The summed E-state index contributed by atoms with van der Waals surface area (Å²) in [6.45, 7) is 4.64. The highest BCUT2D eigenvalue weighted by molar-refractivity contribution is 5.78. The fourth-order valence-corrected chi connectivity index (χ4v) is 4.54. The number of carbonyl (C=O) groups excluding carboxylic acids is 1. The molecule has 1 amide bonds. The molecule has 0 aromatic carbocycles. The molecule has 0 spiro atoms. The third-order valence-corrected chi connectivity index (χ3v) is 5.78. The third kappa shape index (κ3) is 2.26. The summed E-state index contributed by atoms with van der Waals surface area (Å²) in [5.74, 6) is 0.217. The van der Waals surface area contributed by atoms with Crippen molar-refractivity contribution in [3.63, 3.8) is 0 Å². The lowest BCUT2D eigenvalue weighted by molar-refractivity contribution is -0.135. The zero-order valence-electron chi connectivity index (χ0n) is 15.1. The second kappa shape index (κ2) is 5.65. The Morgan fingerprint density at radius 3 is 3.00 bits per heavy atom. The largest absolute Gasteiger partial charge is 0.332 e. The summed E-state index contributed by atoms with van der Waals surface area (Å²) in [6, 6.07) is 4.38. The Morgan fingerprint density at radius 2 is 2.19 bits per heavy atom. The molecule has 0 radical (unpaired) electrons. The van der Waals surface area contributed by atoms with Crippen LogP contribution in [0.3, 0.4) is 0 Å². The van der Waals surface area contributed by atoms with Gasteiger partial charge in [-0.15, -0.1) is 0 Å². The van der Waals surface area contributed by atoms with E-state index in [1.807, 2.05) is 41.4 Å². The Labute approximate surface area is 151 Å². The predicted molar refractivity (Wildman–Crippen MR) is 95.6 cm³/mol. The summed E-state index contributed by atoms with van der Waals surface area (Å²) in [7, 11) is 0. The van der Waals surface area contributed by atoms with Crippen molar-refractivity contribution in [2.45, 2.75) is 58.2 Å². The lowest BCUT2D eigenvalue weighted by atomic mass is 9.98. The van der Waals surface area contributed by atoms with Gasteiger partial charge in [-0.25, -0.2) is 9.50 Å². The number of hydrogen-bond donors (Lipinski definition) is 0. The lowest BCUT2D eigenvalue weighted by Crippen LogP contribution is -2.43. The topological polar surface area (TPSA) is 68.3 Å². The zero-order chi connectivity index (χ0) is 17.8. The number of nitrogens with zero attached hydrogens (tertiary/aromatic N) is 6. The normalized spacial score (nSPS) is 21.4. The van der Waals surface area contributed by atoms with Gasteiger partial charge >= 0.3 is 0 Å². The molecule has 1 saturated heterocycles. The summed E-state index contributed by atoms with van der Waals surface area (Å²) in [4.78, 5) is 19.7. The minimum Gasteiger partial charge on any atom is -0.332 e. The van der Waals surface area contributed by atoms with Crippen LogP contribution in [0.25, 0.3) is 5.65 Å². The van der Waals surface area contributed by atoms with Gasteiger partial charge < -0.3 is 4.90 Å². The molecule has 5 heterocycles. The van der Waals surface area contributed by atoms with Crippen LogP contribution in [0.15, 0.2) is 24.5 Å². The molecule has 2 atom stereocenters. The molecule has 0 saturated carbocycles. The second-order valence-electron chi connectivity index (χ2n) is 7.41. The van der Waals surface area contributed by atoms with Crippen LogP contribution in [0.2, 0.25) is 0 Å². The van der Waals surface area contributed by atoms with Crippen molar-refractivity contribution >= 4 is 11.6 Å². The minimum absolute atomic E-state index is 0.136. The quantitative estimate of drug-likeness (QED) is 0.726. The standard InChI is InChI=1S/C19H22N6O/c1-12-9-18-20-11-15-16-4-3-14(10-17(15)25(18)22-12)24(16)19(26)6-8-23-13(2)5-7-21-23/h5,7,9,11,14,16H,3-4,6,8,10H2,1-2H3/t14-,16-/m0/s1. The molecular weight excluding hydrogens is 328 g/mol. The van der Waals surface area contributed by atoms with E-state index in [2.05, 4.69) is 20.1 Å². The van der Waals surface area contributed by atoms with Crippen LogP contribution in [-0.4, -0.2) is 41.2 Å². The van der Waals surface area contributed by atoms with E-state index in [4.69, 9.17) is 0 Å². The fourth-order valence-electron chi connectivity index (χ4n) is 4.54. The number of rotatable bonds is 3. The van der Waals surface area contributed by atoms with Gasteiger partial charge in [0.15, 0.2) is 5.65 Å². The highest BCUT2D eigenvalue weighted by atomic mass is 16.2. The summed E-state index contributed by atoms with van der Waals surface area (Å²) in [5.41, 5.74) is 5.35. The van der Waals surface area contributed by atoms with E-state index in [-0.39, 0.29) is 18.0 Å². The van der Waals surface area contributed by atoms with Crippen molar-refractivity contribution in [1.29, 1.82) is 0 Å². The van der Waals surface area contributed by atoms with Crippen LogP contribution >= 0.6 is 0 Å². The highest BCUT2D eigenvalue weighted by Crippen LogP contribution is 2.43. The molecule has 3 aromatic rings. The lowest BCUT2D eigenvalue weighted by Gasteiger charge is -2.36. The molecule has 0 unspecified atom stereocenters. The van der Waals surface area contributed by atoms with Crippen LogP contribution in [-0.2, 0) is 17.8 Å². The van der Waals surface area contributed by atoms with Crippen molar-refractivity contribution in [3.05, 3.63) is 47.2 Å². The maximum Gasteiger partial charge on any atom is 0.225 e. The Morgan fingerprint density at radius 1 is 1.31 bits per heavy atom. The Hall–Kier alpha value is -2.70. The van der Waals surface area contributed by atoms with Gasteiger partial charge in [-0.3, -0.25) is 9.48 Å². The van der Waals surface area contributed by atoms with Gasteiger partial charge in [0.2, 0.25) is 5.91 Å². The summed E-state index contributed by atoms with van der Waals surface area (Å²) in [5, 5.41) is 8.90. The van der Waals surface area contributed by atoms with Gasteiger partial charge in [0.25, 0.3) is 0 Å². The van der Waals surface area contributed by atoms with Crippen molar-refractivity contribution in [1.82, 2.24) is 29.3 Å². The van der Waals surface area contributed by atoms with Gasteiger partial charge in [-0.05, 0) is 32.8 Å². The molecular formula is C19H22N6O. The third-order valence-electron chi connectivity index (χ3n) is 5.78. The maximum absolute atomic E-state index is 13.0. The van der Waals surface area contributed by atoms with E-state index in [1.165, 1.54) is 5.69 Å². The fraction of sp³-hybridized carbons (Fsp3) is 0.474. The number of aryl methyl sites for hydroxylation is 3. The van der Waals surface area contributed by atoms with Crippen molar-refractivity contribution < 1.29 is 4.79 Å². The highest BCUT2D eigenvalue weighted by Gasteiger charge is 2.43. The van der Waals surface area contributed by atoms with Gasteiger partial charge in [0.05, 0.1) is 17.4 Å². The van der Waals surface area contributed by atoms with E-state index in [0.717, 1.165) is 41.9 Å². The van der Waals surface area contributed by atoms with Crippen LogP contribution in [0, 0.1) is 13.8 Å². The summed E-state index contributed by atoms with van der Waals surface area (Å²) < 4.78 is 3.88. The molecule has 0 aliphatic carbocycles. The molecule has 3 aromatic heterocycles. The molecule has 2 bridgehead atoms. The zero-order valence-corrected chi connectivity index (χ0v) is 15.1. The van der Waals surface area contributed by atoms with Crippen LogP contribution in [0.5, 0.6) is 0 Å². The number of carbonyl (C=O) groups is 1. The van der Waals surface area contributed by atoms with E-state index in [0.29, 0.717) is 13.0 Å². The molecule has 2 aliphatic rings. The summed E-state index contributed by atoms with van der Waals surface area (Å²) in [6.07, 6.45) is 7.14. The first kappa shape index (κ1) is 15.5. The first-order valence-corrected chi connectivity index (χ1v) is 9.25. The van der Waals surface area contributed by atoms with Gasteiger partial charge in [-0.2, -0.15) is 10.2 Å². The SMILES string of the molecule is Cc1cc2ncc3c(n2n1)C[C@@H]1CC[C@@H]3N1C(=O)CCn1nccc1C. The molecule has 7 nitrogen and oxygen atoms in total. The molecule has 0 N–H and O–H groups in total. The Balaban J connectivity index is 1.43. The van der Waals surface area contributed by atoms with Crippen molar-refractivity contribution in [2.75, 3.05) is 0 Å². The molecule has 1 fully saturated rings. The van der Waals surface area contributed by atoms with Gasteiger partial charge in [0.1, 0.15) is 0 Å². The van der Waals surface area contributed by atoms with Crippen LogP contribution in [0.1, 0.15) is 47.9 Å². The first-order valence-electron chi connectivity index (χ1n) is 9.25. The maximum atomic E-state index is 13.0. The Bertz CT molecular complexity index is 1000. The van der Waals surface area contributed by atoms with Crippen molar-refractivity contribution in [2.24, 2.45) is 0 Å². The van der Waals surface area contributed by atoms with E-state index in [9.17, 15) is 4.79 Å². The predicted octanol–water partition coefficient (Wildman–Crippen LogP) is 2.22. The number of amides is 1. The average Bonchev–Trinajstić information content (AvgIpc) is 3.29. The average molecular weight is 350 g/mol. The van der Waals surface area contributed by atoms with Crippen LogP contribution in [0.4, 0.5) is 0 Å². The Kier molecular flexibility index (Phi) is 3.38. The first-order chi connectivity index (χ1) is 12.6. The molecule has 26 heavy (non-hydrogen) atoms. The number of aromatic nitrogens is 5. The molecule has 5 rings (SSSR count). The van der Waals surface area contributed by atoms with Crippen LogP contribution < -0.4 is 0 Å². The van der Waals surface area contributed by atoms with E-state index >= 15 is 0 Å². The molecule has 134 valence electrons. The number of hydrogen-bond acceptors (Lipinski definition) is 4. The monoisotopic (exact) mass is 350 g/mol. The van der Waals surface area contributed by atoms with Gasteiger partial charge in [0, 0.05) is 55.1 Å². The number of fused-ring (bicyclic) bond motifs is 6. The van der Waals surface area contributed by atoms with Crippen molar-refractivity contribution in [3.8, 4) is 0 Å². The molecule has 7 heteroatoms.